The first-order valence-electron chi connectivity index (χ1n) is 7.00. The van der Waals surface area contributed by atoms with E-state index >= 15 is 0 Å². The van der Waals surface area contributed by atoms with Crippen LogP contribution in [0.4, 0.5) is 11.5 Å². The van der Waals surface area contributed by atoms with Crippen molar-refractivity contribution in [1.29, 1.82) is 0 Å². The SMILES string of the molecule is COC(=O)c1cc(N)cnc1N1CCCC2C(=O)NCC21. The number of esters is 1. The number of carbonyl (C=O) groups is 2. The molecule has 2 aliphatic heterocycles. The average Bonchev–Trinajstić information content (AvgIpc) is 2.88. The van der Waals surface area contributed by atoms with Crippen molar-refractivity contribution in [2.75, 3.05) is 30.8 Å². The molecule has 2 saturated heterocycles. The number of pyridine rings is 1. The average molecular weight is 290 g/mol. The van der Waals surface area contributed by atoms with Gasteiger partial charge in [0.15, 0.2) is 0 Å². The molecule has 112 valence electrons. The number of ether oxygens (including phenoxy) is 1. The molecule has 21 heavy (non-hydrogen) atoms. The fourth-order valence-corrected chi connectivity index (χ4v) is 3.18. The number of aromatic nitrogens is 1. The Kier molecular flexibility index (Phi) is 3.40. The lowest BCUT2D eigenvalue weighted by Gasteiger charge is -2.37. The minimum atomic E-state index is -0.468. The monoisotopic (exact) mass is 290 g/mol. The van der Waals surface area contributed by atoms with E-state index in [1.807, 2.05) is 4.90 Å². The lowest BCUT2D eigenvalue weighted by atomic mass is 9.91. The summed E-state index contributed by atoms with van der Waals surface area (Å²) in [6, 6.07) is 1.60. The Morgan fingerprint density at radius 2 is 2.38 bits per heavy atom. The Morgan fingerprint density at radius 3 is 3.14 bits per heavy atom. The zero-order valence-corrected chi connectivity index (χ0v) is 11.8. The first kappa shape index (κ1) is 13.7. The molecular formula is C14H18N4O3. The van der Waals surface area contributed by atoms with Crippen LogP contribution in [0.2, 0.25) is 0 Å². The Hall–Kier alpha value is -2.31. The summed E-state index contributed by atoms with van der Waals surface area (Å²) in [6.45, 7) is 1.34. The third-order valence-corrected chi connectivity index (χ3v) is 4.17. The van der Waals surface area contributed by atoms with Crippen molar-refractivity contribution in [2.24, 2.45) is 5.92 Å². The van der Waals surface area contributed by atoms with Crippen molar-refractivity contribution < 1.29 is 14.3 Å². The van der Waals surface area contributed by atoms with E-state index in [2.05, 4.69) is 10.3 Å². The van der Waals surface area contributed by atoms with Gasteiger partial charge in [0.05, 0.1) is 31.0 Å². The van der Waals surface area contributed by atoms with Gasteiger partial charge in [-0.2, -0.15) is 0 Å². The molecule has 7 nitrogen and oxygen atoms in total. The number of rotatable bonds is 2. The van der Waals surface area contributed by atoms with E-state index in [-0.39, 0.29) is 17.9 Å². The van der Waals surface area contributed by atoms with Gasteiger partial charge in [-0.05, 0) is 18.9 Å². The minimum absolute atomic E-state index is 0.0331. The number of anilines is 2. The summed E-state index contributed by atoms with van der Waals surface area (Å²) in [5.74, 6) is 0.120. The highest BCUT2D eigenvalue weighted by Crippen LogP contribution is 2.33. The fourth-order valence-electron chi connectivity index (χ4n) is 3.18. The van der Waals surface area contributed by atoms with E-state index in [1.54, 1.807) is 6.07 Å². The maximum Gasteiger partial charge on any atom is 0.341 e. The number of nitrogens with zero attached hydrogens (tertiary/aromatic N) is 2. The zero-order valence-electron chi connectivity index (χ0n) is 11.8. The third-order valence-electron chi connectivity index (χ3n) is 4.17. The van der Waals surface area contributed by atoms with Gasteiger partial charge in [0, 0.05) is 13.1 Å². The van der Waals surface area contributed by atoms with E-state index in [0.717, 1.165) is 19.4 Å². The van der Waals surface area contributed by atoms with Gasteiger partial charge in [0.1, 0.15) is 11.4 Å². The van der Waals surface area contributed by atoms with Crippen molar-refractivity contribution in [3.05, 3.63) is 17.8 Å². The minimum Gasteiger partial charge on any atom is -0.465 e. The second-order valence-corrected chi connectivity index (χ2v) is 5.39. The van der Waals surface area contributed by atoms with Gasteiger partial charge in [-0.3, -0.25) is 4.79 Å². The van der Waals surface area contributed by atoms with E-state index in [9.17, 15) is 9.59 Å². The molecule has 1 aromatic heterocycles. The summed E-state index contributed by atoms with van der Waals surface area (Å²) in [4.78, 5) is 30.1. The first-order chi connectivity index (χ1) is 10.1. The maximum absolute atomic E-state index is 12.0. The quantitative estimate of drug-likeness (QED) is 0.753. The molecule has 1 amide bonds. The number of methoxy groups -OCH3 is 1. The van der Waals surface area contributed by atoms with Gasteiger partial charge in [0.2, 0.25) is 5.91 Å². The van der Waals surface area contributed by atoms with Gasteiger partial charge < -0.3 is 20.7 Å². The van der Waals surface area contributed by atoms with Crippen LogP contribution in [0.15, 0.2) is 12.3 Å². The van der Waals surface area contributed by atoms with Crippen LogP contribution < -0.4 is 16.0 Å². The molecule has 0 aromatic carbocycles. The number of nitrogen functional groups attached to an aromatic ring is 1. The number of piperidine rings is 1. The molecule has 2 aliphatic rings. The molecule has 0 radical (unpaired) electrons. The Balaban J connectivity index is 1.99. The van der Waals surface area contributed by atoms with Gasteiger partial charge in [0.25, 0.3) is 0 Å². The smallest absolute Gasteiger partial charge is 0.341 e. The van der Waals surface area contributed by atoms with E-state index in [1.165, 1.54) is 13.3 Å². The van der Waals surface area contributed by atoms with Crippen molar-refractivity contribution >= 4 is 23.4 Å². The molecule has 2 unspecified atom stereocenters. The van der Waals surface area contributed by atoms with Gasteiger partial charge in [-0.1, -0.05) is 0 Å². The topological polar surface area (TPSA) is 97.6 Å². The van der Waals surface area contributed by atoms with Crippen molar-refractivity contribution in [1.82, 2.24) is 10.3 Å². The largest absolute Gasteiger partial charge is 0.465 e. The van der Waals surface area contributed by atoms with Crippen LogP contribution in [0, 0.1) is 5.92 Å². The summed E-state index contributed by atoms with van der Waals surface area (Å²) in [6.07, 6.45) is 3.28. The van der Waals surface area contributed by atoms with Crippen LogP contribution in [0.5, 0.6) is 0 Å². The normalized spacial score (nSPS) is 24.4. The van der Waals surface area contributed by atoms with Crippen molar-refractivity contribution in [3.8, 4) is 0 Å². The van der Waals surface area contributed by atoms with E-state index < -0.39 is 5.97 Å². The summed E-state index contributed by atoms with van der Waals surface area (Å²) < 4.78 is 4.81. The van der Waals surface area contributed by atoms with Crippen LogP contribution in [0.25, 0.3) is 0 Å². The lowest BCUT2D eigenvalue weighted by Crippen LogP contribution is -2.46. The van der Waals surface area contributed by atoms with Gasteiger partial charge in [-0.15, -0.1) is 0 Å². The number of nitrogens with one attached hydrogen (secondary N) is 1. The Bertz CT molecular complexity index is 590. The van der Waals surface area contributed by atoms with Crippen LogP contribution in [0.1, 0.15) is 23.2 Å². The highest BCUT2D eigenvalue weighted by molar-refractivity contribution is 5.96. The van der Waals surface area contributed by atoms with Crippen molar-refractivity contribution in [2.45, 2.75) is 18.9 Å². The maximum atomic E-state index is 12.0. The van der Waals surface area contributed by atoms with Gasteiger partial charge >= 0.3 is 5.97 Å². The van der Waals surface area contributed by atoms with E-state index in [4.69, 9.17) is 10.5 Å². The molecular weight excluding hydrogens is 272 g/mol. The molecule has 1 aromatic rings. The number of carbonyl (C=O) groups excluding carboxylic acids is 2. The standard InChI is InChI=1S/C14H18N4O3/c1-21-14(20)10-5-8(15)6-16-12(10)18-4-2-3-9-11(18)7-17-13(9)19/h5-6,9,11H,2-4,7,15H2,1H3,(H,17,19). The zero-order chi connectivity index (χ0) is 15.0. The second-order valence-electron chi connectivity index (χ2n) is 5.39. The molecule has 0 spiro atoms. The van der Waals surface area contributed by atoms with E-state index in [0.29, 0.717) is 23.6 Å². The predicted molar refractivity (Wildman–Crippen MR) is 76.9 cm³/mol. The fraction of sp³-hybridized carbons (Fsp3) is 0.500. The molecule has 7 heteroatoms. The second kappa shape index (κ2) is 5.23. The third kappa shape index (κ3) is 2.28. The number of hydrogen-bond acceptors (Lipinski definition) is 6. The highest BCUT2D eigenvalue weighted by atomic mass is 16.5. The summed E-state index contributed by atoms with van der Waals surface area (Å²) in [7, 11) is 1.33. The highest BCUT2D eigenvalue weighted by Gasteiger charge is 2.42. The number of nitrogens with two attached hydrogens (primary N) is 1. The summed E-state index contributed by atoms with van der Waals surface area (Å²) in [5, 5.41) is 2.89. The molecule has 0 bridgehead atoms. The van der Waals surface area contributed by atoms with Crippen LogP contribution in [-0.2, 0) is 9.53 Å². The Labute approximate surface area is 122 Å². The Morgan fingerprint density at radius 1 is 1.57 bits per heavy atom. The molecule has 2 atom stereocenters. The molecule has 0 aliphatic carbocycles. The van der Waals surface area contributed by atoms with Gasteiger partial charge in [-0.25, -0.2) is 9.78 Å². The van der Waals surface area contributed by atoms with Crippen LogP contribution in [0.3, 0.4) is 0 Å². The predicted octanol–water partition coefficient (Wildman–Crippen LogP) is 0.165. The first-order valence-corrected chi connectivity index (χ1v) is 7.00. The summed E-state index contributed by atoms with van der Waals surface area (Å²) in [5.41, 5.74) is 6.48. The molecule has 0 saturated carbocycles. The van der Waals surface area contributed by atoms with Crippen LogP contribution >= 0.6 is 0 Å². The molecule has 2 fully saturated rings. The molecule has 3 rings (SSSR count). The molecule has 3 heterocycles. The van der Waals surface area contributed by atoms with Crippen molar-refractivity contribution in [3.63, 3.8) is 0 Å². The van der Waals surface area contributed by atoms with Crippen LogP contribution in [-0.4, -0.2) is 43.1 Å². The number of hydrogen-bond donors (Lipinski definition) is 2. The number of amides is 1. The lowest BCUT2D eigenvalue weighted by molar-refractivity contribution is -0.123. The molecule has 3 N–H and O–H groups in total. The number of fused-ring (bicyclic) bond motifs is 1. The summed E-state index contributed by atoms with van der Waals surface area (Å²) >= 11 is 0.